The topological polar surface area (TPSA) is 242 Å². The standard InChI is InChI=1S/C51H70N14O6/c1-32(52-3)46(66)56-42(50(70)64-26-11-22-44(64)48(68)54-40-20-9-16-34-14-5-7-18-38(34)40)28-36-30-62(60-58-36)24-13-25-63-31-37(59-61-63)29-43(57-47(67)33(2)53-4)51(71)65-27-12-23-45(65)49(69)55-41-21-10-17-35-15-6-8-19-39(35)41/h5-8,14-15,18-19,30-33,40-45,52-53H,9-13,16-17,20-29H2,1-4H3,(H,54,68)(H,55,69)(H,56,66)(H,57,67)/t32-,33-,40-,41+,42-,43-,44+,45-/m0/s1. The lowest BCUT2D eigenvalue weighted by Gasteiger charge is -2.31. The molecule has 2 aliphatic heterocycles. The summed E-state index contributed by atoms with van der Waals surface area (Å²) in [5, 5.41) is 35.5. The molecule has 2 aromatic carbocycles. The third-order valence-electron chi connectivity index (χ3n) is 14.7. The van der Waals surface area contributed by atoms with E-state index < -0.39 is 36.3 Å². The van der Waals surface area contributed by atoms with Gasteiger partial charge in [-0.1, -0.05) is 59.0 Å². The largest absolute Gasteiger partial charge is 0.347 e. The lowest BCUT2D eigenvalue weighted by atomic mass is 9.87. The summed E-state index contributed by atoms with van der Waals surface area (Å²) < 4.78 is 3.34. The van der Waals surface area contributed by atoms with Gasteiger partial charge in [-0.3, -0.25) is 38.1 Å². The molecular weight excluding hydrogens is 905 g/mol. The van der Waals surface area contributed by atoms with Gasteiger partial charge in [0, 0.05) is 51.4 Å². The van der Waals surface area contributed by atoms with Gasteiger partial charge in [0.2, 0.25) is 35.4 Å². The Morgan fingerprint density at radius 2 is 1.01 bits per heavy atom. The van der Waals surface area contributed by atoms with Crippen molar-refractivity contribution in [3.05, 3.63) is 94.6 Å². The van der Waals surface area contributed by atoms with Crippen LogP contribution in [0.3, 0.4) is 0 Å². The molecule has 0 unspecified atom stereocenters. The quantitative estimate of drug-likeness (QED) is 0.0741. The second-order valence-corrected chi connectivity index (χ2v) is 19.5. The van der Waals surface area contributed by atoms with Crippen LogP contribution in [-0.2, 0) is 67.5 Å². The number of aryl methyl sites for hydroxylation is 4. The highest BCUT2D eigenvalue weighted by molar-refractivity contribution is 5.95. The molecular formula is C51H70N14O6. The Balaban J connectivity index is 0.872. The molecule has 8 atom stereocenters. The summed E-state index contributed by atoms with van der Waals surface area (Å²) in [4.78, 5) is 85.9. The lowest BCUT2D eigenvalue weighted by molar-refractivity contribution is -0.141. The molecule has 6 amide bonds. The summed E-state index contributed by atoms with van der Waals surface area (Å²) in [6.45, 7) is 5.13. The zero-order chi connectivity index (χ0) is 50.0. The van der Waals surface area contributed by atoms with Gasteiger partial charge >= 0.3 is 0 Å². The van der Waals surface area contributed by atoms with Crippen molar-refractivity contribution in [3.63, 3.8) is 0 Å². The van der Waals surface area contributed by atoms with Crippen LogP contribution in [0.1, 0.15) is 117 Å². The molecule has 2 aromatic heterocycles. The van der Waals surface area contributed by atoms with Crippen molar-refractivity contribution >= 4 is 35.4 Å². The summed E-state index contributed by atoms with van der Waals surface area (Å²) >= 11 is 0. The van der Waals surface area contributed by atoms with Gasteiger partial charge in [0.15, 0.2) is 0 Å². The number of benzene rings is 2. The van der Waals surface area contributed by atoms with Crippen molar-refractivity contribution in [3.8, 4) is 0 Å². The molecule has 2 saturated heterocycles. The zero-order valence-electron chi connectivity index (χ0n) is 41.4. The van der Waals surface area contributed by atoms with E-state index in [-0.39, 0.29) is 60.4 Å². The molecule has 0 saturated carbocycles. The number of likely N-dealkylation sites (tertiary alicyclic amines) is 2. The summed E-state index contributed by atoms with van der Waals surface area (Å²) in [5.74, 6) is -1.75. The first kappa shape index (κ1) is 50.8. The maximum absolute atomic E-state index is 14.3. The van der Waals surface area contributed by atoms with Crippen molar-refractivity contribution in [1.29, 1.82) is 0 Å². The van der Waals surface area contributed by atoms with E-state index in [0.717, 1.165) is 49.7 Å². The SMILES string of the molecule is CN[C@@H](C)C(=O)N[C@@H](Cc1cn(CCCn2cc(C[C@H](NC(=O)[C@H](C)NC)C(=O)N3CCC[C@H]3C(=O)N[C@@H]3CCCc4ccccc43)nn2)nn1)C(=O)N1CCC[C@@H]1C(=O)N[C@H]1CCCc2ccccc21. The summed E-state index contributed by atoms with van der Waals surface area (Å²) in [7, 11) is 3.34. The zero-order valence-corrected chi connectivity index (χ0v) is 41.4. The Bertz CT molecular complexity index is 2360. The molecule has 20 nitrogen and oxygen atoms in total. The number of hydrogen-bond donors (Lipinski definition) is 6. The number of likely N-dealkylation sites (N-methyl/N-ethyl adjacent to an activating group) is 2. The summed E-state index contributed by atoms with van der Waals surface area (Å²) in [6.07, 6.45) is 12.2. The van der Waals surface area contributed by atoms with Gasteiger partial charge in [-0.25, -0.2) is 0 Å². The van der Waals surface area contributed by atoms with Crippen LogP contribution in [0.25, 0.3) is 0 Å². The number of hydrogen-bond acceptors (Lipinski definition) is 12. The highest BCUT2D eigenvalue weighted by Crippen LogP contribution is 2.32. The van der Waals surface area contributed by atoms with Gasteiger partial charge in [-0.2, -0.15) is 0 Å². The van der Waals surface area contributed by atoms with Crippen LogP contribution in [-0.4, -0.2) is 139 Å². The van der Waals surface area contributed by atoms with E-state index in [1.54, 1.807) is 59.5 Å². The van der Waals surface area contributed by atoms with Crippen LogP contribution in [0.15, 0.2) is 60.9 Å². The number of nitrogens with one attached hydrogen (secondary N) is 6. The summed E-state index contributed by atoms with van der Waals surface area (Å²) in [5.41, 5.74) is 5.73. The van der Waals surface area contributed by atoms with E-state index in [1.807, 2.05) is 24.3 Å². The monoisotopic (exact) mass is 975 g/mol. The molecule has 380 valence electrons. The molecule has 0 radical (unpaired) electrons. The van der Waals surface area contributed by atoms with E-state index in [1.165, 1.54) is 11.1 Å². The molecule has 4 heterocycles. The Morgan fingerprint density at radius 3 is 1.44 bits per heavy atom. The second-order valence-electron chi connectivity index (χ2n) is 19.5. The predicted octanol–water partition coefficient (Wildman–Crippen LogP) is 1.60. The van der Waals surface area contributed by atoms with Gasteiger partial charge in [0.25, 0.3) is 0 Å². The Labute approximate surface area is 415 Å². The number of fused-ring (bicyclic) bond motifs is 2. The van der Waals surface area contributed by atoms with Crippen molar-refractivity contribution in [2.24, 2.45) is 0 Å². The van der Waals surface area contributed by atoms with Crippen LogP contribution in [0.4, 0.5) is 0 Å². The number of carbonyl (C=O) groups is 6. The Kier molecular flexibility index (Phi) is 16.9. The minimum atomic E-state index is -0.976. The van der Waals surface area contributed by atoms with E-state index in [2.05, 4.69) is 76.8 Å². The molecule has 6 N–H and O–H groups in total. The highest BCUT2D eigenvalue weighted by atomic mass is 16.2. The minimum Gasteiger partial charge on any atom is -0.347 e. The van der Waals surface area contributed by atoms with Crippen LogP contribution in [0.5, 0.6) is 0 Å². The molecule has 0 spiro atoms. The maximum atomic E-state index is 14.3. The van der Waals surface area contributed by atoms with E-state index >= 15 is 0 Å². The molecule has 8 rings (SSSR count). The maximum Gasteiger partial charge on any atom is 0.246 e. The first-order valence-electron chi connectivity index (χ1n) is 25.5. The summed E-state index contributed by atoms with van der Waals surface area (Å²) in [6, 6.07) is 11.7. The molecule has 71 heavy (non-hydrogen) atoms. The van der Waals surface area contributed by atoms with Crippen molar-refractivity contribution in [1.82, 2.24) is 71.7 Å². The Morgan fingerprint density at radius 1 is 0.592 bits per heavy atom. The highest BCUT2D eigenvalue weighted by Gasteiger charge is 2.41. The third kappa shape index (κ3) is 12.3. The normalized spacial score (nSPS) is 21.3. The van der Waals surface area contributed by atoms with Gasteiger partial charge in [-0.05, 0) is 121 Å². The number of aromatic nitrogens is 6. The van der Waals surface area contributed by atoms with Crippen LogP contribution in [0.2, 0.25) is 0 Å². The molecule has 4 aliphatic rings. The lowest BCUT2D eigenvalue weighted by Crippen LogP contribution is -2.56. The molecule has 2 fully saturated rings. The molecule has 20 heteroatoms. The number of nitrogens with zero attached hydrogens (tertiary/aromatic N) is 8. The van der Waals surface area contributed by atoms with Gasteiger partial charge < -0.3 is 41.7 Å². The van der Waals surface area contributed by atoms with Crippen molar-refractivity contribution in [2.75, 3.05) is 27.2 Å². The fraction of sp³-hybridized carbons (Fsp3) is 0.569. The van der Waals surface area contributed by atoms with E-state index in [4.69, 9.17) is 0 Å². The average molecular weight is 975 g/mol. The van der Waals surface area contributed by atoms with Gasteiger partial charge in [0.05, 0.1) is 35.6 Å². The number of rotatable bonds is 20. The first-order chi connectivity index (χ1) is 34.4. The van der Waals surface area contributed by atoms with Crippen LogP contribution in [0, 0.1) is 0 Å². The average Bonchev–Trinajstić information content (AvgIpc) is 4.24. The van der Waals surface area contributed by atoms with Gasteiger partial charge in [-0.15, -0.1) is 10.2 Å². The molecule has 4 aromatic rings. The fourth-order valence-electron chi connectivity index (χ4n) is 10.5. The smallest absolute Gasteiger partial charge is 0.246 e. The van der Waals surface area contributed by atoms with Crippen molar-refractivity contribution in [2.45, 2.75) is 159 Å². The van der Waals surface area contributed by atoms with Crippen LogP contribution < -0.4 is 31.9 Å². The molecule has 0 bridgehead atoms. The van der Waals surface area contributed by atoms with E-state index in [9.17, 15) is 28.8 Å². The van der Waals surface area contributed by atoms with Crippen LogP contribution >= 0.6 is 0 Å². The van der Waals surface area contributed by atoms with Crippen molar-refractivity contribution < 1.29 is 28.8 Å². The second kappa shape index (κ2) is 23.6. The first-order valence-corrected chi connectivity index (χ1v) is 25.5. The predicted molar refractivity (Wildman–Crippen MR) is 263 cm³/mol. The number of amides is 6. The van der Waals surface area contributed by atoms with E-state index in [0.29, 0.717) is 69.7 Å². The minimum absolute atomic E-state index is 0.0791. The third-order valence-corrected chi connectivity index (χ3v) is 14.7. The Hall–Kier alpha value is -6.54. The molecule has 2 aliphatic carbocycles. The fourth-order valence-corrected chi connectivity index (χ4v) is 10.5. The number of carbonyl (C=O) groups excluding carboxylic acids is 6. The van der Waals surface area contributed by atoms with Gasteiger partial charge in [0.1, 0.15) is 24.2 Å².